The maximum absolute atomic E-state index is 13.0. The van der Waals surface area contributed by atoms with Gasteiger partial charge in [0.1, 0.15) is 6.04 Å². The number of rotatable bonds is 9. The smallest absolute Gasteiger partial charge is 0.242 e. The van der Waals surface area contributed by atoms with Crippen molar-refractivity contribution in [2.45, 2.75) is 32.4 Å². The van der Waals surface area contributed by atoms with Crippen molar-refractivity contribution in [3.05, 3.63) is 58.6 Å². The number of carbonyl (C=O) groups excluding carboxylic acids is 2. The van der Waals surface area contributed by atoms with Crippen LogP contribution < -0.4 is 14.8 Å². The van der Waals surface area contributed by atoms with Crippen LogP contribution >= 0.6 is 11.6 Å². The largest absolute Gasteiger partial charge is 0.493 e. The summed E-state index contributed by atoms with van der Waals surface area (Å²) < 4.78 is 10.6. The summed E-state index contributed by atoms with van der Waals surface area (Å²) in [5, 5.41) is 3.17. The average Bonchev–Trinajstić information content (AvgIpc) is 2.75. The lowest BCUT2D eigenvalue weighted by atomic mass is 10.1. The summed E-state index contributed by atoms with van der Waals surface area (Å²) in [5.74, 6) is 0.896. The van der Waals surface area contributed by atoms with E-state index in [1.165, 1.54) is 0 Å². The van der Waals surface area contributed by atoms with Crippen LogP contribution in [0.4, 0.5) is 0 Å². The fourth-order valence-corrected chi connectivity index (χ4v) is 3.23. The lowest BCUT2D eigenvalue weighted by molar-refractivity contribution is -0.140. The fraction of sp³-hybridized carbons (Fsp3) is 0.364. The van der Waals surface area contributed by atoms with E-state index >= 15 is 0 Å². The van der Waals surface area contributed by atoms with Crippen molar-refractivity contribution in [2.75, 3.05) is 21.3 Å². The van der Waals surface area contributed by atoms with Gasteiger partial charge >= 0.3 is 0 Å². The summed E-state index contributed by atoms with van der Waals surface area (Å²) in [4.78, 5) is 26.8. The van der Waals surface area contributed by atoms with Crippen molar-refractivity contribution in [1.29, 1.82) is 0 Å². The molecule has 29 heavy (non-hydrogen) atoms. The summed E-state index contributed by atoms with van der Waals surface area (Å²) in [7, 11) is 4.71. The molecule has 156 valence electrons. The van der Waals surface area contributed by atoms with E-state index in [4.69, 9.17) is 21.1 Å². The highest BCUT2D eigenvalue weighted by Crippen LogP contribution is 2.28. The lowest BCUT2D eigenvalue weighted by Crippen LogP contribution is -2.46. The van der Waals surface area contributed by atoms with E-state index in [9.17, 15) is 9.59 Å². The second-order valence-electron chi connectivity index (χ2n) is 6.59. The molecular formula is C22H27ClN2O4. The molecule has 2 aromatic carbocycles. The first-order valence-electron chi connectivity index (χ1n) is 9.36. The van der Waals surface area contributed by atoms with Crippen molar-refractivity contribution in [2.24, 2.45) is 0 Å². The molecule has 0 bridgehead atoms. The van der Waals surface area contributed by atoms with Crippen molar-refractivity contribution in [3.8, 4) is 11.5 Å². The number of hydrogen-bond donors (Lipinski definition) is 1. The van der Waals surface area contributed by atoms with Crippen LogP contribution in [-0.2, 0) is 22.6 Å². The number of aryl methyl sites for hydroxylation is 1. The zero-order chi connectivity index (χ0) is 21.4. The van der Waals surface area contributed by atoms with Gasteiger partial charge in [-0.3, -0.25) is 9.59 Å². The zero-order valence-corrected chi connectivity index (χ0v) is 18.0. The number of ether oxygens (including phenoxy) is 2. The maximum atomic E-state index is 13.0. The first kappa shape index (κ1) is 22.6. The van der Waals surface area contributed by atoms with Gasteiger partial charge in [0, 0.05) is 25.0 Å². The normalized spacial score (nSPS) is 11.5. The molecule has 0 saturated heterocycles. The van der Waals surface area contributed by atoms with Crippen molar-refractivity contribution >= 4 is 23.4 Å². The molecule has 0 aliphatic heterocycles. The zero-order valence-electron chi connectivity index (χ0n) is 17.2. The van der Waals surface area contributed by atoms with E-state index in [0.29, 0.717) is 22.9 Å². The molecule has 2 amide bonds. The lowest BCUT2D eigenvalue weighted by Gasteiger charge is -2.28. The first-order valence-corrected chi connectivity index (χ1v) is 9.74. The number of amides is 2. The van der Waals surface area contributed by atoms with Gasteiger partial charge in [-0.15, -0.1) is 0 Å². The quantitative estimate of drug-likeness (QED) is 0.677. The van der Waals surface area contributed by atoms with Gasteiger partial charge in [0.2, 0.25) is 11.8 Å². The van der Waals surface area contributed by atoms with Crippen LogP contribution in [0.2, 0.25) is 5.02 Å². The van der Waals surface area contributed by atoms with E-state index in [1.807, 2.05) is 36.4 Å². The summed E-state index contributed by atoms with van der Waals surface area (Å²) in [5.41, 5.74) is 1.74. The van der Waals surface area contributed by atoms with E-state index < -0.39 is 6.04 Å². The number of halogens is 1. The third-order valence-electron chi connectivity index (χ3n) is 4.79. The van der Waals surface area contributed by atoms with Gasteiger partial charge < -0.3 is 19.7 Å². The summed E-state index contributed by atoms with van der Waals surface area (Å²) in [6.07, 6.45) is 0.764. The topological polar surface area (TPSA) is 67.9 Å². The molecule has 1 unspecified atom stereocenters. The molecule has 0 saturated carbocycles. The minimum absolute atomic E-state index is 0.129. The van der Waals surface area contributed by atoms with E-state index in [1.54, 1.807) is 39.2 Å². The molecule has 0 aliphatic rings. The Hall–Kier alpha value is -2.73. The van der Waals surface area contributed by atoms with Gasteiger partial charge in [-0.25, -0.2) is 0 Å². The number of benzene rings is 2. The Kier molecular flexibility index (Phi) is 8.34. The number of hydrogen-bond acceptors (Lipinski definition) is 4. The monoisotopic (exact) mass is 418 g/mol. The molecule has 0 spiro atoms. The van der Waals surface area contributed by atoms with Crippen LogP contribution in [0.15, 0.2) is 42.5 Å². The van der Waals surface area contributed by atoms with Gasteiger partial charge in [0.15, 0.2) is 11.5 Å². The molecule has 6 nitrogen and oxygen atoms in total. The molecule has 0 fully saturated rings. The third kappa shape index (κ3) is 5.87. The molecule has 0 aromatic heterocycles. The number of carbonyl (C=O) groups is 2. The first-order chi connectivity index (χ1) is 13.9. The van der Waals surface area contributed by atoms with E-state index in [0.717, 1.165) is 11.1 Å². The Balaban J connectivity index is 2.16. The summed E-state index contributed by atoms with van der Waals surface area (Å²) >= 11 is 6.26. The molecule has 0 aliphatic carbocycles. The molecule has 1 atom stereocenters. The average molecular weight is 419 g/mol. The number of nitrogens with zero attached hydrogens (tertiary/aromatic N) is 1. The highest BCUT2D eigenvalue weighted by atomic mass is 35.5. The SMILES string of the molecule is CNC(=O)C(C)N(Cc1ccccc1Cl)C(=O)CCc1ccc(OC)c(OC)c1. The van der Waals surface area contributed by atoms with Crippen LogP contribution in [0, 0.1) is 0 Å². The standard InChI is InChI=1S/C22H27ClN2O4/c1-15(22(27)24-2)25(14-17-7-5-6-8-18(17)23)21(26)12-10-16-9-11-19(28-3)20(13-16)29-4/h5-9,11,13,15H,10,12,14H2,1-4H3,(H,24,27). The van der Waals surface area contributed by atoms with Crippen LogP contribution in [0.5, 0.6) is 11.5 Å². The predicted octanol–water partition coefficient (Wildman–Crippen LogP) is 3.45. The number of likely N-dealkylation sites (N-methyl/N-ethyl adjacent to an activating group) is 1. The second-order valence-corrected chi connectivity index (χ2v) is 7.00. The highest BCUT2D eigenvalue weighted by molar-refractivity contribution is 6.31. The molecule has 2 rings (SSSR count). The predicted molar refractivity (Wildman–Crippen MR) is 113 cm³/mol. The summed E-state index contributed by atoms with van der Waals surface area (Å²) in [6.45, 7) is 1.98. The molecule has 1 N–H and O–H groups in total. The molecule has 2 aromatic rings. The van der Waals surface area contributed by atoms with Crippen LogP contribution in [0.1, 0.15) is 24.5 Å². The molecule has 7 heteroatoms. The molecule has 0 heterocycles. The van der Waals surface area contributed by atoms with Crippen LogP contribution in [0.25, 0.3) is 0 Å². The fourth-order valence-electron chi connectivity index (χ4n) is 3.03. The summed E-state index contributed by atoms with van der Waals surface area (Å²) in [6, 6.07) is 12.3. The van der Waals surface area contributed by atoms with E-state index in [-0.39, 0.29) is 24.8 Å². The Morgan fingerprint density at radius 3 is 2.41 bits per heavy atom. The van der Waals surface area contributed by atoms with Crippen molar-refractivity contribution < 1.29 is 19.1 Å². The molecule has 0 radical (unpaired) electrons. The van der Waals surface area contributed by atoms with Gasteiger partial charge in [-0.1, -0.05) is 35.9 Å². The van der Waals surface area contributed by atoms with Gasteiger partial charge in [-0.2, -0.15) is 0 Å². The van der Waals surface area contributed by atoms with Gasteiger partial charge in [0.25, 0.3) is 0 Å². The Morgan fingerprint density at radius 2 is 1.79 bits per heavy atom. The van der Waals surface area contributed by atoms with Crippen molar-refractivity contribution in [1.82, 2.24) is 10.2 Å². The number of methoxy groups -OCH3 is 2. The number of nitrogens with one attached hydrogen (secondary N) is 1. The second kappa shape index (κ2) is 10.7. The highest BCUT2D eigenvalue weighted by Gasteiger charge is 2.25. The Morgan fingerprint density at radius 1 is 1.10 bits per heavy atom. The maximum Gasteiger partial charge on any atom is 0.242 e. The van der Waals surface area contributed by atoms with Crippen LogP contribution in [0.3, 0.4) is 0 Å². The van der Waals surface area contributed by atoms with Gasteiger partial charge in [0.05, 0.1) is 14.2 Å². The Labute approximate surface area is 176 Å². The van der Waals surface area contributed by atoms with E-state index in [2.05, 4.69) is 5.32 Å². The van der Waals surface area contributed by atoms with Gasteiger partial charge in [-0.05, 0) is 42.7 Å². The van der Waals surface area contributed by atoms with Crippen molar-refractivity contribution in [3.63, 3.8) is 0 Å². The molecular weight excluding hydrogens is 392 g/mol. The minimum atomic E-state index is -0.617. The Bertz CT molecular complexity index is 856. The van der Waals surface area contributed by atoms with Crippen LogP contribution in [-0.4, -0.2) is 44.0 Å². The third-order valence-corrected chi connectivity index (χ3v) is 5.16. The minimum Gasteiger partial charge on any atom is -0.493 e.